The van der Waals surface area contributed by atoms with E-state index in [1.54, 1.807) is 159 Å². The van der Waals surface area contributed by atoms with Crippen molar-refractivity contribution < 1.29 is 62.0 Å². The first kappa shape index (κ1) is 78.1. The third-order valence-corrected chi connectivity index (χ3v) is 18.8. The second kappa shape index (κ2) is 38.0. The van der Waals surface area contributed by atoms with Gasteiger partial charge in [0, 0.05) is 97.5 Å². The minimum atomic E-state index is -1.05. The molecule has 14 rings (SSSR count). The minimum absolute atomic E-state index is 0.00645. The van der Waals surface area contributed by atoms with E-state index in [-0.39, 0.29) is 72.8 Å². The minimum Gasteiger partial charge on any atom is -0.497 e. The number of benzene rings is 7. The van der Waals surface area contributed by atoms with Gasteiger partial charge in [-0.1, -0.05) is 107 Å². The van der Waals surface area contributed by atoms with Gasteiger partial charge in [-0.3, -0.25) is 38.4 Å². The number of nitrogens with zero attached hydrogens (tertiary/aromatic N) is 6. The number of nitriles is 4. The number of ether oxygens (including phenoxy) is 5. The van der Waals surface area contributed by atoms with Crippen LogP contribution in [-0.2, 0) is 76.6 Å². The number of aromatic nitrogens is 4. The van der Waals surface area contributed by atoms with Crippen LogP contribution in [0.5, 0.6) is 5.75 Å². The zero-order chi connectivity index (χ0) is 77.5. The van der Waals surface area contributed by atoms with Gasteiger partial charge in [-0.2, -0.15) is 21.0 Å². The van der Waals surface area contributed by atoms with Crippen LogP contribution >= 0.6 is 27.7 Å². The van der Waals surface area contributed by atoms with E-state index < -0.39 is 48.3 Å². The highest BCUT2D eigenvalue weighted by Gasteiger charge is 2.35. The molecule has 4 unspecified atom stereocenters. The van der Waals surface area contributed by atoms with Gasteiger partial charge in [-0.25, -0.2) is 9.97 Å². The number of carbonyl (C=O) groups excluding carboxylic acids is 8. The predicted molar refractivity (Wildman–Crippen MR) is 406 cm³/mol. The third kappa shape index (κ3) is 23.3. The van der Waals surface area contributed by atoms with Crippen LogP contribution in [0.25, 0.3) is 21.8 Å². The predicted octanol–water partition coefficient (Wildman–Crippen LogP) is 11.7. The molecule has 4 atom stereocenters. The summed E-state index contributed by atoms with van der Waals surface area (Å²) in [6, 6.07) is 56.9. The molecule has 0 aliphatic heterocycles. The number of nitrogens with one attached hydrogen (secondary N) is 6. The zero-order valence-corrected chi connectivity index (χ0v) is 61.8. The molecule has 0 radical (unpaired) electrons. The van der Waals surface area contributed by atoms with E-state index in [1.165, 1.54) is 0 Å². The molecule has 25 nitrogen and oxygen atoms in total. The molecule has 0 spiro atoms. The first-order chi connectivity index (χ1) is 53.4. The highest BCUT2D eigenvalue weighted by molar-refractivity contribution is 9.10. The number of fused-ring (bicyclic) bond motifs is 2. The summed E-state index contributed by atoms with van der Waals surface area (Å²) in [5.41, 5.74) is 8.31. The van der Waals surface area contributed by atoms with Gasteiger partial charge in [0.25, 0.3) is 23.6 Å². The number of methoxy groups -OCH3 is 1. The summed E-state index contributed by atoms with van der Waals surface area (Å²) in [6.07, 6.45) is 10.2. The van der Waals surface area contributed by atoms with Crippen molar-refractivity contribution in [2.45, 2.75) is 124 Å². The fourth-order valence-corrected chi connectivity index (χ4v) is 12.0. The summed E-state index contributed by atoms with van der Waals surface area (Å²) in [4.78, 5) is 115. The summed E-state index contributed by atoms with van der Waals surface area (Å²) < 4.78 is 28.1. The molecule has 4 fully saturated rings. The van der Waals surface area contributed by atoms with Crippen LogP contribution in [0.4, 0.5) is 0 Å². The maximum absolute atomic E-state index is 12.7. The van der Waals surface area contributed by atoms with E-state index in [4.69, 9.17) is 44.7 Å². The molecule has 110 heavy (non-hydrogen) atoms. The Morgan fingerprint density at radius 2 is 0.800 bits per heavy atom. The molecule has 4 aliphatic carbocycles. The van der Waals surface area contributed by atoms with Gasteiger partial charge in [0.1, 0.15) is 5.75 Å². The summed E-state index contributed by atoms with van der Waals surface area (Å²) in [6.45, 7) is 0. The average Bonchev–Trinajstić information content (AvgIpc) is 1.63. The van der Waals surface area contributed by atoms with E-state index in [0.29, 0.717) is 55.4 Å². The molecule has 0 bridgehead atoms. The third-order valence-electron chi connectivity index (χ3n) is 17.5. The molecular weight excluding hydrogens is 1480 g/mol. The van der Waals surface area contributed by atoms with Crippen LogP contribution in [0.2, 0.25) is 0 Å². The van der Waals surface area contributed by atoms with Gasteiger partial charge in [-0.15, -0.1) is 0 Å². The number of H-pyrrole nitrogens is 2. The van der Waals surface area contributed by atoms with Crippen LogP contribution < -0.4 is 26.0 Å². The molecule has 3 heterocycles. The summed E-state index contributed by atoms with van der Waals surface area (Å²) in [5, 5.41) is 49.6. The SMILES string of the molecule is COc1ccc(CC(=O)OC(C(=O)NC2CC2)c2ccc(C#N)cc2)cc1.N#Cc1ccc(C(OC(=O)CSc2ncccn2)C(=O)NC2CC2)cc1.N#Cc1ccc(C(OC(=O)Cc2c[nH]c3ccc(Br)cc23)C(=O)NC2CC2)cc1.N#Cc1ccc(C(OC(=O)Cc2c[nH]c3ccccc23)C(=O)NC2CC2)cc1. The molecule has 6 N–H and O–H groups in total. The van der Waals surface area contributed by atoms with Gasteiger partial charge in [0.05, 0.1) is 78.7 Å². The number of esters is 4. The molecule has 10 aromatic rings. The zero-order valence-electron chi connectivity index (χ0n) is 59.4. The van der Waals surface area contributed by atoms with Crippen molar-refractivity contribution in [1.82, 2.24) is 41.2 Å². The highest BCUT2D eigenvalue weighted by Crippen LogP contribution is 2.31. The van der Waals surface area contributed by atoms with Crippen LogP contribution in [0.15, 0.2) is 204 Å². The first-order valence-corrected chi connectivity index (χ1v) is 37.0. The maximum atomic E-state index is 12.7. The fraction of sp³-hybridized carbons (Fsp3) is 0.253. The molecular formula is C83H73BrN12O13S. The standard InChI is InChI=1S/C22H18BrN3O3.C22H19N3O3.C21H20N2O4.C18H16N4O3S/c23-16-5-8-19-18(10-16)15(12-25-19)9-20(27)29-21(22(28)26-17-6-7-17)14-3-1-13(11-24)2-4-14;23-12-14-5-7-15(8-6-14)21(22(27)25-17-9-10-17)28-20(26)11-16-13-24-19-4-2-1-3-18(16)19;1-26-18-10-4-14(5-11-18)12-19(24)27-20(21(25)23-17-8-9-17)16-6-2-15(13-22)3-7-16;19-10-12-2-4-13(5-3-12)16(17(24)22-14-6-7-14)25-15(23)11-26-18-20-8-1-9-21-18/h1-5,8,10,12,17,21,25H,6-7,9H2,(H,26,28);1-8,13,17,21,24H,9-11H2,(H,25,27);2-7,10-11,17,20H,8-9,12H2,1H3,(H,23,25);1-5,8-9,14,16H,6-7,11H2,(H,22,24). The average molecular weight is 1560 g/mol. The highest BCUT2D eigenvalue weighted by atomic mass is 79.9. The number of carbonyl (C=O) groups is 8. The van der Waals surface area contributed by atoms with Crippen molar-refractivity contribution in [3.8, 4) is 30.0 Å². The van der Waals surface area contributed by atoms with Crippen LogP contribution in [0.3, 0.4) is 0 Å². The van der Waals surface area contributed by atoms with Crippen LogP contribution in [0.1, 0.15) is 137 Å². The lowest BCUT2D eigenvalue weighted by Crippen LogP contribution is -2.33. The Balaban J connectivity index is 0.000000146. The Kier molecular flexibility index (Phi) is 27.0. The van der Waals surface area contributed by atoms with E-state index >= 15 is 0 Å². The first-order valence-electron chi connectivity index (χ1n) is 35.2. The summed E-state index contributed by atoms with van der Waals surface area (Å²) in [5.74, 6) is -2.69. The Hall–Kier alpha value is -13.0. The van der Waals surface area contributed by atoms with E-state index in [2.05, 4.69) is 57.1 Å². The molecule has 4 saturated carbocycles. The van der Waals surface area contributed by atoms with Crippen molar-refractivity contribution in [3.63, 3.8) is 0 Å². The van der Waals surface area contributed by atoms with Gasteiger partial charge in [0.2, 0.25) is 24.4 Å². The van der Waals surface area contributed by atoms with E-state index in [0.717, 1.165) is 106 Å². The quantitative estimate of drug-likeness (QED) is 0.0127. The molecule has 7 aromatic carbocycles. The number of thioether (sulfide) groups is 1. The van der Waals surface area contributed by atoms with Gasteiger partial charge < -0.3 is 54.9 Å². The number of aromatic amines is 2. The van der Waals surface area contributed by atoms with Gasteiger partial charge in [0.15, 0.2) is 5.16 Å². The van der Waals surface area contributed by atoms with Gasteiger partial charge in [-0.05, 0) is 159 Å². The van der Waals surface area contributed by atoms with Crippen molar-refractivity contribution in [1.29, 1.82) is 21.0 Å². The lowest BCUT2D eigenvalue weighted by atomic mass is 10.1. The maximum Gasteiger partial charge on any atom is 0.317 e. The Morgan fingerprint density at radius 1 is 0.445 bits per heavy atom. The molecule has 556 valence electrons. The van der Waals surface area contributed by atoms with Crippen molar-refractivity contribution in [3.05, 3.63) is 260 Å². The number of halogens is 1. The number of amides is 4. The van der Waals surface area contributed by atoms with Crippen molar-refractivity contribution in [2.75, 3.05) is 12.9 Å². The van der Waals surface area contributed by atoms with Crippen LogP contribution in [0, 0.1) is 45.3 Å². The topological polar surface area (TPSA) is 383 Å². The van der Waals surface area contributed by atoms with Crippen molar-refractivity contribution in [2.24, 2.45) is 0 Å². The molecule has 0 saturated heterocycles. The molecule has 3 aromatic heterocycles. The monoisotopic (exact) mass is 1560 g/mol. The van der Waals surface area contributed by atoms with E-state index in [1.807, 2.05) is 66.7 Å². The van der Waals surface area contributed by atoms with Gasteiger partial charge >= 0.3 is 23.9 Å². The number of hydrogen-bond acceptors (Lipinski definition) is 20. The summed E-state index contributed by atoms with van der Waals surface area (Å²) in [7, 11) is 1.57. The summed E-state index contributed by atoms with van der Waals surface area (Å²) >= 11 is 4.58. The largest absolute Gasteiger partial charge is 0.497 e. The number of para-hydroxylation sites is 1. The fourth-order valence-electron chi connectivity index (χ4n) is 11.0. The Morgan fingerprint density at radius 3 is 1.17 bits per heavy atom. The number of hydrogen-bond donors (Lipinski definition) is 6. The molecule has 27 heteroatoms. The smallest absolute Gasteiger partial charge is 0.317 e. The number of rotatable bonds is 26. The second-order valence-corrected chi connectivity index (χ2v) is 28.0. The van der Waals surface area contributed by atoms with Crippen molar-refractivity contribution >= 4 is 97.0 Å². The lowest BCUT2D eigenvalue weighted by molar-refractivity contribution is -0.156. The Labute approximate surface area is 645 Å². The molecule has 4 amide bonds. The van der Waals surface area contributed by atoms with Crippen LogP contribution in [-0.4, -0.2) is 104 Å². The normalized spacial score (nSPS) is 14.1. The van der Waals surface area contributed by atoms with E-state index in [9.17, 15) is 38.4 Å². The Bertz CT molecular complexity index is 5120. The molecule has 4 aliphatic rings. The second-order valence-electron chi connectivity index (χ2n) is 26.1. The lowest BCUT2D eigenvalue weighted by Gasteiger charge is -2.18.